The van der Waals surface area contributed by atoms with Crippen molar-refractivity contribution in [2.45, 2.75) is 86.5 Å². The van der Waals surface area contributed by atoms with Crippen LogP contribution in [0.2, 0.25) is 13.3 Å². The summed E-state index contributed by atoms with van der Waals surface area (Å²) in [6, 6.07) is 0. The molecule has 0 N–H and O–H groups in total. The number of hydrogen-bond acceptors (Lipinski definition) is 2. The molecule has 0 aromatic heterocycles. The van der Waals surface area contributed by atoms with Gasteiger partial charge in [-0.15, -0.1) is 0 Å². The van der Waals surface area contributed by atoms with Gasteiger partial charge in [-0.3, -0.25) is 0 Å². The van der Waals surface area contributed by atoms with Crippen LogP contribution in [0.1, 0.15) is 73.1 Å². The van der Waals surface area contributed by atoms with E-state index in [1.165, 1.54) is 51.8 Å². The van der Waals surface area contributed by atoms with E-state index in [1.807, 2.05) is 13.8 Å². The first-order chi connectivity index (χ1) is 9.01. The van der Waals surface area contributed by atoms with Gasteiger partial charge >= 0.3 is 125 Å². The van der Waals surface area contributed by atoms with Crippen molar-refractivity contribution in [3.63, 3.8) is 0 Å². The quantitative estimate of drug-likeness (QED) is 0.443. The van der Waals surface area contributed by atoms with Crippen LogP contribution in [-0.2, 0) is 7.87 Å². The molecule has 0 fully saturated rings. The van der Waals surface area contributed by atoms with Gasteiger partial charge in [-0.05, 0) is 0 Å². The van der Waals surface area contributed by atoms with Crippen LogP contribution in [0.4, 0.5) is 0 Å². The van der Waals surface area contributed by atoms with Crippen LogP contribution in [0.5, 0.6) is 0 Å². The summed E-state index contributed by atoms with van der Waals surface area (Å²) in [7, 11) is 0. The third kappa shape index (κ3) is 8.21. The van der Waals surface area contributed by atoms with Gasteiger partial charge in [0.25, 0.3) is 0 Å². The summed E-state index contributed by atoms with van der Waals surface area (Å²) in [4.78, 5) is 12.1. The van der Waals surface area contributed by atoms with Gasteiger partial charge < -0.3 is 0 Å². The molecular weight excluding hydrogens is 343 g/mol. The second-order valence-electron chi connectivity index (χ2n) is 6.07. The summed E-state index contributed by atoms with van der Waals surface area (Å²) in [6.45, 7) is 10.6. The molecule has 2 nitrogen and oxygen atoms in total. The second kappa shape index (κ2) is 11.0. The molecule has 114 valence electrons. The molecule has 0 bridgehead atoms. The van der Waals surface area contributed by atoms with Gasteiger partial charge in [0.2, 0.25) is 0 Å². The molecule has 19 heavy (non-hydrogen) atoms. The number of carbonyl (C=O) groups excluding carboxylic acids is 1. The molecule has 0 aliphatic heterocycles. The standard InChI is InChI=1S/C4H8O2.3C4H9.Sn/c1-3(2)4(5)6;3*1-3-4-2;/h3H,1-2H3,(H,5,6);3*1,3-4H2,2H3;/q;;;;+1/p-1. The Morgan fingerprint density at radius 3 is 1.53 bits per heavy atom. The second-order valence-corrected chi connectivity index (χ2v) is 17.7. The zero-order chi connectivity index (χ0) is 14.7. The van der Waals surface area contributed by atoms with Crippen molar-refractivity contribution < 1.29 is 7.87 Å². The fourth-order valence-electron chi connectivity index (χ4n) is 2.36. The van der Waals surface area contributed by atoms with Crippen LogP contribution in [-0.4, -0.2) is 24.8 Å². The molecule has 0 aliphatic carbocycles. The molecular formula is C16H34O2Sn. The number of carbonyl (C=O) groups is 1. The van der Waals surface area contributed by atoms with Crippen molar-refractivity contribution in [1.82, 2.24) is 0 Å². The van der Waals surface area contributed by atoms with Gasteiger partial charge in [0.15, 0.2) is 0 Å². The van der Waals surface area contributed by atoms with E-state index in [2.05, 4.69) is 20.8 Å². The number of unbranched alkanes of at least 4 members (excludes halogenated alkanes) is 3. The molecule has 0 heterocycles. The van der Waals surface area contributed by atoms with Gasteiger partial charge in [-0.25, -0.2) is 0 Å². The van der Waals surface area contributed by atoms with Crippen LogP contribution in [0.3, 0.4) is 0 Å². The number of hydrogen-bond donors (Lipinski definition) is 0. The Labute approximate surface area is 125 Å². The molecule has 0 amide bonds. The maximum absolute atomic E-state index is 12.1. The molecule has 0 saturated heterocycles. The molecule has 0 unspecified atom stereocenters. The molecule has 0 spiro atoms. The predicted molar refractivity (Wildman–Crippen MR) is 85.8 cm³/mol. The Morgan fingerprint density at radius 1 is 0.895 bits per heavy atom. The van der Waals surface area contributed by atoms with Crippen molar-refractivity contribution in [1.29, 1.82) is 0 Å². The van der Waals surface area contributed by atoms with E-state index >= 15 is 0 Å². The molecule has 3 heteroatoms. The van der Waals surface area contributed by atoms with Crippen molar-refractivity contribution in [2.75, 3.05) is 0 Å². The molecule has 0 aliphatic rings. The van der Waals surface area contributed by atoms with E-state index in [0.717, 1.165) is 0 Å². The van der Waals surface area contributed by atoms with E-state index in [-0.39, 0.29) is 11.9 Å². The minimum absolute atomic E-state index is 0.0287. The topological polar surface area (TPSA) is 26.3 Å². The molecule has 0 radical (unpaired) electrons. The Balaban J connectivity index is 4.80. The van der Waals surface area contributed by atoms with Crippen molar-refractivity contribution in [3.05, 3.63) is 0 Å². The maximum atomic E-state index is 12.1. The van der Waals surface area contributed by atoms with E-state index in [4.69, 9.17) is 3.07 Å². The monoisotopic (exact) mass is 378 g/mol. The summed E-state index contributed by atoms with van der Waals surface area (Å²) in [6.07, 6.45) is 7.39. The van der Waals surface area contributed by atoms with Crippen LogP contribution < -0.4 is 0 Å². The van der Waals surface area contributed by atoms with E-state index in [0.29, 0.717) is 0 Å². The molecule has 0 aromatic carbocycles. The fourth-order valence-corrected chi connectivity index (χ4v) is 15.8. The Hall–Kier alpha value is 0.269. The van der Waals surface area contributed by atoms with Gasteiger partial charge in [0.05, 0.1) is 0 Å². The summed E-state index contributed by atoms with van der Waals surface area (Å²) < 4.78 is 9.90. The van der Waals surface area contributed by atoms with Crippen molar-refractivity contribution in [2.24, 2.45) is 5.92 Å². The summed E-state index contributed by atoms with van der Waals surface area (Å²) in [5, 5.41) is 0. The fraction of sp³-hybridized carbons (Fsp3) is 0.938. The Bertz CT molecular complexity index is 217. The zero-order valence-electron chi connectivity index (χ0n) is 13.8. The van der Waals surface area contributed by atoms with Crippen LogP contribution >= 0.6 is 0 Å². The first-order valence-electron chi connectivity index (χ1n) is 8.24. The van der Waals surface area contributed by atoms with E-state index in [1.54, 1.807) is 0 Å². The first-order valence-corrected chi connectivity index (χ1v) is 15.5. The van der Waals surface area contributed by atoms with Gasteiger partial charge in [0, 0.05) is 0 Å². The van der Waals surface area contributed by atoms with Crippen LogP contribution in [0.25, 0.3) is 0 Å². The SMILES string of the molecule is CCC[CH2][Sn]([CH2]CCC)([CH2]CCC)[O]C(=O)C(C)C. The first kappa shape index (κ1) is 19.3. The number of rotatable bonds is 11. The molecule has 0 atom stereocenters. The molecule has 0 saturated carbocycles. The van der Waals surface area contributed by atoms with Gasteiger partial charge in [-0.1, -0.05) is 0 Å². The average molecular weight is 377 g/mol. The Kier molecular flexibility index (Phi) is 11.1. The predicted octanol–water partition coefficient (Wildman–Crippen LogP) is 5.53. The Morgan fingerprint density at radius 2 is 1.26 bits per heavy atom. The van der Waals surface area contributed by atoms with Gasteiger partial charge in [-0.2, -0.15) is 0 Å². The average Bonchev–Trinajstić information content (AvgIpc) is 2.40. The van der Waals surface area contributed by atoms with Crippen molar-refractivity contribution >= 4 is 24.8 Å². The van der Waals surface area contributed by atoms with E-state index < -0.39 is 18.8 Å². The van der Waals surface area contributed by atoms with Crippen LogP contribution in [0, 0.1) is 5.92 Å². The van der Waals surface area contributed by atoms with Crippen molar-refractivity contribution in [3.8, 4) is 0 Å². The third-order valence-electron chi connectivity index (χ3n) is 3.75. The molecule has 0 rings (SSSR count). The summed E-state index contributed by atoms with van der Waals surface area (Å²) >= 11 is -2.67. The molecule has 0 aromatic rings. The van der Waals surface area contributed by atoms with E-state index in [9.17, 15) is 4.79 Å². The minimum atomic E-state index is -2.67. The third-order valence-corrected chi connectivity index (χ3v) is 16.4. The zero-order valence-corrected chi connectivity index (χ0v) is 16.6. The normalized spacial score (nSPS) is 11.9. The summed E-state index contributed by atoms with van der Waals surface area (Å²) in [5.41, 5.74) is 0. The van der Waals surface area contributed by atoms with Crippen LogP contribution in [0.15, 0.2) is 0 Å². The van der Waals surface area contributed by atoms with Gasteiger partial charge in [0.1, 0.15) is 0 Å². The summed E-state index contributed by atoms with van der Waals surface area (Å²) in [5.74, 6) is 0.0973.